The van der Waals surface area contributed by atoms with E-state index in [4.69, 9.17) is 21.3 Å². The van der Waals surface area contributed by atoms with E-state index in [-0.39, 0.29) is 15.7 Å². The van der Waals surface area contributed by atoms with Crippen molar-refractivity contribution in [1.29, 1.82) is 0 Å². The highest BCUT2D eigenvalue weighted by molar-refractivity contribution is 7.79. The van der Waals surface area contributed by atoms with Gasteiger partial charge in [0.25, 0.3) is 0 Å². The second-order valence-electron chi connectivity index (χ2n) is 1.86. The van der Waals surface area contributed by atoms with Gasteiger partial charge in [0.1, 0.15) is 5.75 Å². The van der Waals surface area contributed by atoms with Gasteiger partial charge >= 0.3 is 0 Å². The molecule has 0 saturated heterocycles. The summed E-state index contributed by atoms with van der Waals surface area (Å²) >= 11 is 3.39. The SMILES string of the molecule is O=S(O)c1ccc(Cl)c(O)c1. The zero-order valence-corrected chi connectivity index (χ0v) is 6.89. The zero-order valence-electron chi connectivity index (χ0n) is 5.32. The minimum Gasteiger partial charge on any atom is -0.506 e. The van der Waals surface area contributed by atoms with E-state index < -0.39 is 11.1 Å². The smallest absolute Gasteiger partial charge is 0.186 e. The molecule has 0 heterocycles. The molecule has 5 heteroatoms. The van der Waals surface area contributed by atoms with Crippen LogP contribution in [0, 0.1) is 0 Å². The first-order valence-electron chi connectivity index (χ1n) is 2.70. The number of hydrogen-bond donors (Lipinski definition) is 2. The van der Waals surface area contributed by atoms with Crippen LogP contribution in [0.5, 0.6) is 5.75 Å². The predicted molar refractivity (Wildman–Crippen MR) is 42.2 cm³/mol. The van der Waals surface area contributed by atoms with Crippen molar-refractivity contribution in [3.8, 4) is 5.75 Å². The number of rotatable bonds is 1. The van der Waals surface area contributed by atoms with Gasteiger partial charge in [-0.2, -0.15) is 0 Å². The molecule has 1 rings (SSSR count). The summed E-state index contributed by atoms with van der Waals surface area (Å²) in [5, 5.41) is 9.14. The quantitative estimate of drug-likeness (QED) is 0.665. The van der Waals surface area contributed by atoms with Gasteiger partial charge in [0.2, 0.25) is 0 Å². The first kappa shape index (κ1) is 8.52. The Bertz CT molecular complexity index is 300. The monoisotopic (exact) mass is 192 g/mol. The van der Waals surface area contributed by atoms with Crippen LogP contribution in [0.1, 0.15) is 0 Å². The fourth-order valence-electron chi connectivity index (χ4n) is 0.601. The molecule has 3 nitrogen and oxygen atoms in total. The molecule has 0 spiro atoms. The van der Waals surface area contributed by atoms with Crippen LogP contribution >= 0.6 is 11.6 Å². The second-order valence-corrected chi connectivity index (χ2v) is 3.24. The van der Waals surface area contributed by atoms with Gasteiger partial charge in [-0.25, -0.2) is 4.21 Å². The van der Waals surface area contributed by atoms with Crippen molar-refractivity contribution in [2.75, 3.05) is 0 Å². The van der Waals surface area contributed by atoms with E-state index >= 15 is 0 Å². The summed E-state index contributed by atoms with van der Waals surface area (Å²) in [6, 6.07) is 3.89. The van der Waals surface area contributed by atoms with Crippen LogP contribution < -0.4 is 0 Å². The zero-order chi connectivity index (χ0) is 8.43. The lowest BCUT2D eigenvalue weighted by Crippen LogP contribution is -1.86. The second kappa shape index (κ2) is 3.21. The Morgan fingerprint density at radius 2 is 2.09 bits per heavy atom. The summed E-state index contributed by atoms with van der Waals surface area (Å²) in [5.74, 6) is -0.188. The molecule has 0 aliphatic carbocycles. The third kappa shape index (κ3) is 1.92. The molecule has 0 fully saturated rings. The van der Waals surface area contributed by atoms with E-state index in [2.05, 4.69) is 0 Å². The molecule has 0 aromatic heterocycles. The summed E-state index contributed by atoms with van der Waals surface area (Å²) in [6.07, 6.45) is 0. The van der Waals surface area contributed by atoms with Crippen molar-refractivity contribution in [2.24, 2.45) is 0 Å². The standard InChI is InChI=1S/C6H5ClO3S/c7-5-2-1-4(11(9)10)3-6(5)8/h1-3,8H,(H,9,10). The van der Waals surface area contributed by atoms with Crippen LogP contribution in [-0.2, 0) is 11.1 Å². The van der Waals surface area contributed by atoms with Crippen LogP contribution in [0.3, 0.4) is 0 Å². The van der Waals surface area contributed by atoms with Crippen LogP contribution in [0.25, 0.3) is 0 Å². The van der Waals surface area contributed by atoms with E-state index in [1.807, 2.05) is 0 Å². The number of phenols is 1. The highest BCUT2D eigenvalue weighted by Gasteiger charge is 2.03. The van der Waals surface area contributed by atoms with Gasteiger partial charge in [-0.15, -0.1) is 0 Å². The van der Waals surface area contributed by atoms with Gasteiger partial charge in [0, 0.05) is 0 Å². The molecule has 0 bridgehead atoms. The Morgan fingerprint density at radius 1 is 1.45 bits per heavy atom. The number of phenolic OH excluding ortho intramolecular Hbond substituents is 1. The highest BCUT2D eigenvalue weighted by atomic mass is 35.5. The Morgan fingerprint density at radius 3 is 2.55 bits per heavy atom. The lowest BCUT2D eigenvalue weighted by molar-refractivity contribution is 0.473. The largest absolute Gasteiger partial charge is 0.506 e. The summed E-state index contributed by atoms with van der Waals surface area (Å²) in [4.78, 5) is 0.131. The van der Waals surface area contributed by atoms with Crippen molar-refractivity contribution in [2.45, 2.75) is 4.90 Å². The van der Waals surface area contributed by atoms with Crippen LogP contribution in [0.15, 0.2) is 23.1 Å². The molecule has 11 heavy (non-hydrogen) atoms. The molecule has 0 aliphatic rings. The third-order valence-electron chi connectivity index (χ3n) is 1.12. The fraction of sp³-hybridized carbons (Fsp3) is 0. The molecule has 1 aromatic carbocycles. The predicted octanol–water partition coefficient (Wildman–Crippen LogP) is 1.63. The van der Waals surface area contributed by atoms with Crippen LogP contribution in [0.4, 0.5) is 0 Å². The Labute approximate surface area is 70.9 Å². The van der Waals surface area contributed by atoms with Gasteiger partial charge in [-0.1, -0.05) is 11.6 Å². The third-order valence-corrected chi connectivity index (χ3v) is 2.10. The van der Waals surface area contributed by atoms with E-state index in [0.29, 0.717) is 0 Å². The summed E-state index contributed by atoms with van der Waals surface area (Å²) in [5.41, 5.74) is 0. The number of aromatic hydroxyl groups is 1. The Kier molecular flexibility index (Phi) is 2.49. The van der Waals surface area contributed by atoms with Gasteiger partial charge in [0.15, 0.2) is 11.1 Å². The van der Waals surface area contributed by atoms with Crippen LogP contribution in [0.2, 0.25) is 5.02 Å². The van der Waals surface area contributed by atoms with Crippen molar-refractivity contribution >= 4 is 22.7 Å². The summed E-state index contributed by atoms with van der Waals surface area (Å²) < 4.78 is 19.0. The molecule has 2 N–H and O–H groups in total. The minimum absolute atomic E-state index is 0.131. The van der Waals surface area contributed by atoms with Gasteiger partial charge in [-0.05, 0) is 18.2 Å². The average molecular weight is 193 g/mol. The first-order valence-corrected chi connectivity index (χ1v) is 4.19. The maximum atomic E-state index is 10.4. The molecular formula is C6H5ClO3S. The summed E-state index contributed by atoms with van der Waals surface area (Å²) in [6.45, 7) is 0. The van der Waals surface area contributed by atoms with Gasteiger partial charge < -0.3 is 9.66 Å². The molecule has 0 saturated carbocycles. The van der Waals surface area contributed by atoms with Crippen LogP contribution in [-0.4, -0.2) is 13.9 Å². The molecule has 0 radical (unpaired) electrons. The Balaban J connectivity index is 3.15. The molecule has 0 amide bonds. The summed E-state index contributed by atoms with van der Waals surface area (Å²) in [7, 11) is 0. The van der Waals surface area contributed by atoms with Crippen molar-refractivity contribution in [3.63, 3.8) is 0 Å². The van der Waals surface area contributed by atoms with E-state index in [9.17, 15) is 4.21 Å². The van der Waals surface area contributed by atoms with Gasteiger partial charge in [-0.3, -0.25) is 0 Å². The molecule has 1 unspecified atom stereocenters. The Hall–Kier alpha value is -0.580. The van der Waals surface area contributed by atoms with Crippen molar-refractivity contribution in [1.82, 2.24) is 0 Å². The number of halogens is 1. The number of benzene rings is 1. The first-order chi connectivity index (χ1) is 5.11. The highest BCUT2D eigenvalue weighted by Crippen LogP contribution is 2.24. The number of hydrogen-bond acceptors (Lipinski definition) is 2. The topological polar surface area (TPSA) is 57.5 Å². The molecule has 0 aliphatic heterocycles. The molecular weight excluding hydrogens is 188 g/mol. The van der Waals surface area contributed by atoms with Gasteiger partial charge in [0.05, 0.1) is 9.92 Å². The van der Waals surface area contributed by atoms with E-state index in [1.54, 1.807) is 0 Å². The minimum atomic E-state index is -2.07. The lowest BCUT2D eigenvalue weighted by atomic mass is 10.3. The fourth-order valence-corrected chi connectivity index (χ4v) is 1.12. The maximum absolute atomic E-state index is 10.4. The molecule has 1 atom stereocenters. The maximum Gasteiger partial charge on any atom is 0.186 e. The lowest BCUT2D eigenvalue weighted by Gasteiger charge is -1.97. The van der Waals surface area contributed by atoms with Crippen molar-refractivity contribution < 1.29 is 13.9 Å². The molecule has 60 valence electrons. The average Bonchev–Trinajstić information content (AvgIpc) is 1.94. The van der Waals surface area contributed by atoms with Crippen molar-refractivity contribution in [3.05, 3.63) is 23.2 Å². The van der Waals surface area contributed by atoms with E-state index in [1.165, 1.54) is 12.1 Å². The molecule has 1 aromatic rings. The van der Waals surface area contributed by atoms with E-state index in [0.717, 1.165) is 6.07 Å². The normalized spacial score (nSPS) is 12.9.